The number of aromatic nitrogens is 3. The minimum Gasteiger partial charge on any atom is -0.493 e. The van der Waals surface area contributed by atoms with Gasteiger partial charge in [-0.05, 0) is 6.07 Å². The molecule has 0 fully saturated rings. The number of anilines is 1. The molecule has 0 bridgehead atoms. The third kappa shape index (κ3) is 3.99. The minimum atomic E-state index is -3.90. The molecular formula is C18H22N4O6S. The van der Waals surface area contributed by atoms with Crippen LogP contribution in [0.25, 0.3) is 11.6 Å². The van der Waals surface area contributed by atoms with Gasteiger partial charge in [-0.15, -0.1) is 10.2 Å². The smallest absolute Gasteiger partial charge is 0.264 e. The van der Waals surface area contributed by atoms with E-state index in [4.69, 9.17) is 18.6 Å². The Balaban J connectivity index is 1.95. The van der Waals surface area contributed by atoms with E-state index in [-0.39, 0.29) is 16.5 Å². The molecule has 2 heterocycles. The van der Waals surface area contributed by atoms with Crippen molar-refractivity contribution in [2.24, 2.45) is 7.05 Å². The highest BCUT2D eigenvalue weighted by Crippen LogP contribution is 2.40. The van der Waals surface area contributed by atoms with E-state index in [1.807, 2.05) is 6.92 Å². The summed E-state index contributed by atoms with van der Waals surface area (Å²) in [5.74, 6) is 1.75. The van der Waals surface area contributed by atoms with Crippen LogP contribution in [-0.2, 0) is 23.5 Å². The number of ether oxygens (including phenoxy) is 3. The Morgan fingerprint density at radius 2 is 1.72 bits per heavy atom. The van der Waals surface area contributed by atoms with Gasteiger partial charge in [0.25, 0.3) is 15.9 Å². The average Bonchev–Trinajstić information content (AvgIpc) is 3.33. The highest BCUT2D eigenvalue weighted by atomic mass is 32.2. The second-order valence-electron chi connectivity index (χ2n) is 6.05. The third-order valence-corrected chi connectivity index (χ3v) is 5.54. The Labute approximate surface area is 168 Å². The molecule has 0 amide bonds. The summed E-state index contributed by atoms with van der Waals surface area (Å²) in [4.78, 5) is 0.0417. The molecule has 0 aliphatic carbocycles. The van der Waals surface area contributed by atoms with Crippen molar-refractivity contribution in [3.63, 3.8) is 0 Å². The monoisotopic (exact) mass is 422 g/mol. The Hall–Kier alpha value is -3.21. The van der Waals surface area contributed by atoms with Gasteiger partial charge in [0, 0.05) is 31.8 Å². The van der Waals surface area contributed by atoms with E-state index < -0.39 is 10.0 Å². The van der Waals surface area contributed by atoms with Crippen LogP contribution in [0, 0.1) is 0 Å². The van der Waals surface area contributed by atoms with E-state index in [9.17, 15) is 8.42 Å². The number of nitrogens with one attached hydrogen (secondary N) is 1. The van der Waals surface area contributed by atoms with Gasteiger partial charge < -0.3 is 23.2 Å². The predicted molar refractivity (Wildman–Crippen MR) is 105 cm³/mol. The van der Waals surface area contributed by atoms with Crippen LogP contribution < -0.4 is 18.9 Å². The first-order chi connectivity index (χ1) is 13.8. The van der Waals surface area contributed by atoms with Crippen LogP contribution in [0.2, 0.25) is 0 Å². The molecule has 0 spiro atoms. The molecule has 3 aromatic rings. The molecule has 11 heteroatoms. The zero-order valence-electron chi connectivity index (χ0n) is 16.7. The van der Waals surface area contributed by atoms with E-state index in [1.165, 1.54) is 45.7 Å². The Kier molecular flexibility index (Phi) is 5.69. The number of nitrogens with zero attached hydrogens (tertiary/aromatic N) is 3. The maximum Gasteiger partial charge on any atom is 0.264 e. The summed E-state index contributed by atoms with van der Waals surface area (Å²) in [5.41, 5.74) is 0.749. The van der Waals surface area contributed by atoms with Crippen LogP contribution in [0.5, 0.6) is 17.2 Å². The second kappa shape index (κ2) is 8.03. The first kappa shape index (κ1) is 20.5. The molecule has 0 aliphatic rings. The maximum absolute atomic E-state index is 12.9. The maximum atomic E-state index is 12.9. The van der Waals surface area contributed by atoms with Crippen molar-refractivity contribution in [1.29, 1.82) is 0 Å². The fourth-order valence-corrected chi connectivity index (χ4v) is 3.86. The van der Waals surface area contributed by atoms with Crippen LogP contribution in [0.1, 0.15) is 12.8 Å². The molecule has 0 aliphatic heterocycles. The molecule has 29 heavy (non-hydrogen) atoms. The molecule has 10 nitrogen and oxygen atoms in total. The molecule has 0 unspecified atom stereocenters. The van der Waals surface area contributed by atoms with Gasteiger partial charge in [-0.3, -0.25) is 4.72 Å². The van der Waals surface area contributed by atoms with Gasteiger partial charge in [0.15, 0.2) is 11.5 Å². The predicted octanol–water partition coefficient (Wildman–Crippen LogP) is 2.46. The van der Waals surface area contributed by atoms with Gasteiger partial charge >= 0.3 is 0 Å². The Morgan fingerprint density at radius 1 is 1.07 bits per heavy atom. The molecule has 2 aromatic heterocycles. The number of benzene rings is 1. The first-order valence-corrected chi connectivity index (χ1v) is 10.1. The summed E-state index contributed by atoms with van der Waals surface area (Å²) in [5, 5.41) is 7.87. The highest BCUT2D eigenvalue weighted by molar-refractivity contribution is 7.92. The standard InChI is InChI=1S/C18H22N4O6S/c1-6-16-19-20-18(28-16)13-9-12(10-22(13)2)29(23,24)21-11-7-14(25-3)17(27-5)15(8-11)26-4/h7-10,21H,6H2,1-5H3. The number of rotatable bonds is 8. The van der Waals surface area contributed by atoms with Gasteiger partial charge in [-0.25, -0.2) is 8.42 Å². The van der Waals surface area contributed by atoms with Gasteiger partial charge in [0.2, 0.25) is 11.6 Å². The molecule has 0 saturated heterocycles. The quantitative estimate of drug-likeness (QED) is 0.588. The van der Waals surface area contributed by atoms with Crippen molar-refractivity contribution >= 4 is 15.7 Å². The summed E-state index contributed by atoms with van der Waals surface area (Å²) in [6.45, 7) is 1.89. The molecular weight excluding hydrogens is 400 g/mol. The van der Waals surface area contributed by atoms with Crippen LogP contribution >= 0.6 is 0 Å². The lowest BCUT2D eigenvalue weighted by atomic mass is 10.2. The van der Waals surface area contributed by atoms with Crippen molar-refractivity contribution in [3.8, 4) is 28.8 Å². The molecule has 1 N–H and O–H groups in total. The summed E-state index contributed by atoms with van der Waals surface area (Å²) in [6, 6.07) is 4.48. The number of hydrogen-bond acceptors (Lipinski definition) is 8. The average molecular weight is 422 g/mol. The van der Waals surface area contributed by atoms with Crippen molar-refractivity contribution in [3.05, 3.63) is 30.3 Å². The van der Waals surface area contributed by atoms with Crippen molar-refractivity contribution < 1.29 is 27.0 Å². The van der Waals surface area contributed by atoms with E-state index in [0.29, 0.717) is 35.3 Å². The number of aryl methyl sites for hydroxylation is 2. The lowest BCUT2D eigenvalue weighted by Crippen LogP contribution is -2.12. The first-order valence-electron chi connectivity index (χ1n) is 8.64. The van der Waals surface area contributed by atoms with Crippen molar-refractivity contribution in [1.82, 2.24) is 14.8 Å². The van der Waals surface area contributed by atoms with Gasteiger partial charge in [-0.1, -0.05) is 6.92 Å². The molecule has 0 saturated carbocycles. The van der Waals surface area contributed by atoms with Crippen LogP contribution in [-0.4, -0.2) is 44.5 Å². The summed E-state index contributed by atoms with van der Waals surface area (Å²) < 4.78 is 51.2. The Morgan fingerprint density at radius 3 is 2.24 bits per heavy atom. The Bertz CT molecular complexity index is 1090. The fraction of sp³-hybridized carbons (Fsp3) is 0.333. The van der Waals surface area contributed by atoms with Crippen LogP contribution in [0.15, 0.2) is 33.7 Å². The molecule has 3 rings (SSSR count). The summed E-state index contributed by atoms with van der Waals surface area (Å²) >= 11 is 0. The van der Waals surface area contributed by atoms with Crippen LogP contribution in [0.3, 0.4) is 0 Å². The lowest BCUT2D eigenvalue weighted by Gasteiger charge is -2.15. The van der Waals surface area contributed by atoms with Crippen LogP contribution in [0.4, 0.5) is 5.69 Å². The lowest BCUT2D eigenvalue weighted by molar-refractivity contribution is 0.325. The third-order valence-electron chi connectivity index (χ3n) is 4.20. The highest BCUT2D eigenvalue weighted by Gasteiger charge is 2.22. The van der Waals surface area contributed by atoms with E-state index in [0.717, 1.165) is 0 Å². The van der Waals surface area contributed by atoms with Gasteiger partial charge in [-0.2, -0.15) is 0 Å². The fourth-order valence-electron chi connectivity index (χ4n) is 2.75. The number of sulfonamides is 1. The molecule has 0 radical (unpaired) electrons. The van der Waals surface area contributed by atoms with Crippen molar-refractivity contribution in [2.45, 2.75) is 18.2 Å². The summed E-state index contributed by atoms with van der Waals surface area (Å²) in [7, 11) is 2.17. The SMILES string of the molecule is CCc1nnc(-c2cc(S(=O)(=O)Nc3cc(OC)c(OC)c(OC)c3)cn2C)o1. The molecule has 156 valence electrons. The van der Waals surface area contributed by atoms with Gasteiger partial charge in [0.05, 0.1) is 27.0 Å². The van der Waals surface area contributed by atoms with E-state index >= 15 is 0 Å². The number of methoxy groups -OCH3 is 3. The number of hydrogen-bond donors (Lipinski definition) is 1. The van der Waals surface area contributed by atoms with Gasteiger partial charge in [0.1, 0.15) is 10.6 Å². The second-order valence-corrected chi connectivity index (χ2v) is 7.73. The zero-order valence-corrected chi connectivity index (χ0v) is 17.5. The van der Waals surface area contributed by atoms with Crippen molar-refractivity contribution in [2.75, 3.05) is 26.1 Å². The van der Waals surface area contributed by atoms with E-state index in [2.05, 4.69) is 14.9 Å². The molecule has 0 atom stereocenters. The largest absolute Gasteiger partial charge is 0.493 e. The van der Waals surface area contributed by atoms with E-state index in [1.54, 1.807) is 11.6 Å². The zero-order chi connectivity index (χ0) is 21.2. The molecule has 1 aromatic carbocycles. The normalized spacial score (nSPS) is 11.3. The minimum absolute atomic E-state index is 0.0417. The topological polar surface area (TPSA) is 118 Å². The summed E-state index contributed by atoms with van der Waals surface area (Å²) in [6.07, 6.45) is 2.05.